The van der Waals surface area contributed by atoms with E-state index in [2.05, 4.69) is 0 Å². The van der Waals surface area contributed by atoms with E-state index < -0.39 is 27.3 Å². The zero-order chi connectivity index (χ0) is 18.4. The van der Waals surface area contributed by atoms with Gasteiger partial charge in [0, 0.05) is 12.1 Å². The van der Waals surface area contributed by atoms with Crippen LogP contribution in [0.5, 0.6) is 0 Å². The first-order valence-corrected chi connectivity index (χ1v) is 10.2. The van der Waals surface area contributed by atoms with E-state index in [0.29, 0.717) is 31.2 Å². The van der Waals surface area contributed by atoms with Gasteiger partial charge in [0.1, 0.15) is 10.7 Å². The Labute approximate surface area is 148 Å². The van der Waals surface area contributed by atoms with Crippen LogP contribution >= 0.6 is 0 Å². The quantitative estimate of drug-likeness (QED) is 0.749. The van der Waals surface area contributed by atoms with Crippen molar-refractivity contribution in [3.8, 4) is 0 Å². The fourth-order valence-electron chi connectivity index (χ4n) is 4.43. The zero-order valence-corrected chi connectivity index (χ0v) is 15.6. The molecule has 5 nitrogen and oxygen atoms in total. The highest BCUT2D eigenvalue weighted by Gasteiger charge is 2.63. The molecule has 0 unspecified atom stereocenters. The van der Waals surface area contributed by atoms with Crippen molar-refractivity contribution < 1.29 is 22.3 Å². The summed E-state index contributed by atoms with van der Waals surface area (Å²) in [5, 5.41) is 0. The summed E-state index contributed by atoms with van der Waals surface area (Å²) >= 11 is 0. The highest BCUT2D eigenvalue weighted by atomic mass is 32.2. The predicted molar refractivity (Wildman–Crippen MR) is 90.9 cm³/mol. The number of fused-ring (bicyclic) bond motifs is 2. The van der Waals surface area contributed by atoms with Crippen molar-refractivity contribution in [3.63, 3.8) is 0 Å². The van der Waals surface area contributed by atoms with E-state index >= 15 is 0 Å². The summed E-state index contributed by atoms with van der Waals surface area (Å²) in [6, 6.07) is 3.34. The van der Waals surface area contributed by atoms with Crippen molar-refractivity contribution in [3.05, 3.63) is 29.6 Å². The molecule has 2 aliphatic rings. The number of hydrogen-bond acceptors (Lipinski definition) is 4. The van der Waals surface area contributed by atoms with Gasteiger partial charge in [-0.2, -0.15) is 4.31 Å². The fraction of sp³-hybridized carbons (Fsp3) is 0.611. The lowest BCUT2D eigenvalue weighted by molar-refractivity contribution is -0.157. The van der Waals surface area contributed by atoms with Crippen LogP contribution in [0.15, 0.2) is 23.1 Å². The third-order valence-electron chi connectivity index (χ3n) is 5.63. The average Bonchev–Trinajstić information content (AvgIpc) is 3.14. The van der Waals surface area contributed by atoms with E-state index in [1.54, 1.807) is 19.9 Å². The summed E-state index contributed by atoms with van der Waals surface area (Å²) in [5.41, 5.74) is -0.148. The Morgan fingerprint density at radius 3 is 2.72 bits per heavy atom. The monoisotopic (exact) mass is 369 g/mol. The molecule has 0 aromatic heterocycles. The van der Waals surface area contributed by atoms with Crippen molar-refractivity contribution in [2.45, 2.75) is 63.4 Å². The lowest BCUT2D eigenvalue weighted by Crippen LogP contribution is -2.45. The first kappa shape index (κ1) is 18.3. The molecule has 138 valence electrons. The number of rotatable bonds is 5. The number of carbonyl (C=O) groups is 1. The number of halogens is 1. The van der Waals surface area contributed by atoms with Crippen molar-refractivity contribution >= 4 is 16.0 Å². The summed E-state index contributed by atoms with van der Waals surface area (Å²) in [4.78, 5) is 12.3. The summed E-state index contributed by atoms with van der Waals surface area (Å²) < 4.78 is 47.3. The van der Waals surface area contributed by atoms with Gasteiger partial charge in [-0.1, -0.05) is 13.0 Å². The van der Waals surface area contributed by atoms with Crippen molar-refractivity contribution in [2.75, 3.05) is 6.61 Å². The van der Waals surface area contributed by atoms with Gasteiger partial charge in [0.05, 0.1) is 12.0 Å². The molecule has 1 aromatic rings. The molecular formula is C18H24FNO4S. The second kappa shape index (κ2) is 6.36. The van der Waals surface area contributed by atoms with Gasteiger partial charge in [-0.3, -0.25) is 4.79 Å². The standard InChI is InChI=1S/C18H24FNO4S/c1-4-18(17(21)24-5-2)11-13-7-9-16(18)20(13)25(22,23)15-10-12(3)6-8-14(15)19/h6,8,10,13,16H,4-5,7,9,11H2,1-3H3/t13-,16+,18+/m0/s1. The van der Waals surface area contributed by atoms with Crippen molar-refractivity contribution in [2.24, 2.45) is 5.41 Å². The van der Waals surface area contributed by atoms with Crippen LogP contribution in [0.3, 0.4) is 0 Å². The zero-order valence-electron chi connectivity index (χ0n) is 14.8. The molecule has 2 aliphatic heterocycles. The molecule has 0 N–H and O–H groups in total. The predicted octanol–water partition coefficient (Wildman–Crippen LogP) is 3.02. The second-order valence-electron chi connectivity index (χ2n) is 6.95. The van der Waals surface area contributed by atoms with E-state index in [0.717, 1.165) is 0 Å². The summed E-state index contributed by atoms with van der Waals surface area (Å²) in [6.45, 7) is 5.62. The maximum Gasteiger partial charge on any atom is 0.313 e. The van der Waals surface area contributed by atoms with E-state index in [-0.39, 0.29) is 23.5 Å². The molecule has 0 amide bonds. The maximum absolute atomic E-state index is 14.2. The number of benzene rings is 1. The molecule has 0 aliphatic carbocycles. The highest BCUT2D eigenvalue weighted by Crippen LogP contribution is 2.54. The van der Waals surface area contributed by atoms with Gasteiger partial charge in [-0.05, 0) is 57.2 Å². The largest absolute Gasteiger partial charge is 0.466 e. The van der Waals surface area contributed by atoms with Gasteiger partial charge in [0.2, 0.25) is 10.0 Å². The van der Waals surface area contributed by atoms with Crippen LogP contribution in [0, 0.1) is 18.2 Å². The molecule has 0 spiro atoms. The Kier molecular flexibility index (Phi) is 4.66. The summed E-state index contributed by atoms with van der Waals surface area (Å²) in [7, 11) is -4.01. The molecule has 2 saturated heterocycles. The Balaban J connectivity index is 2.04. The molecule has 3 rings (SSSR count). The summed E-state index contributed by atoms with van der Waals surface area (Å²) in [6.07, 6.45) is 2.25. The van der Waals surface area contributed by atoms with Gasteiger partial charge in [0.15, 0.2) is 0 Å². The van der Waals surface area contributed by atoms with Gasteiger partial charge in [0.25, 0.3) is 0 Å². The molecule has 2 heterocycles. The van der Waals surface area contributed by atoms with Gasteiger partial charge in [-0.15, -0.1) is 0 Å². The van der Waals surface area contributed by atoms with Crippen molar-refractivity contribution in [1.82, 2.24) is 4.31 Å². The van der Waals surface area contributed by atoms with Crippen molar-refractivity contribution in [1.29, 1.82) is 0 Å². The topological polar surface area (TPSA) is 63.7 Å². The maximum atomic E-state index is 14.2. The number of nitrogens with zero attached hydrogens (tertiary/aromatic N) is 1. The van der Waals surface area contributed by atoms with Crippen LogP contribution in [-0.4, -0.2) is 37.4 Å². The smallest absolute Gasteiger partial charge is 0.313 e. The normalized spacial score (nSPS) is 29.1. The Hall–Kier alpha value is -1.47. The molecule has 2 fully saturated rings. The number of sulfonamides is 1. The van der Waals surface area contributed by atoms with E-state index in [1.165, 1.54) is 16.4 Å². The van der Waals surface area contributed by atoms with Crippen LogP contribution in [-0.2, 0) is 19.6 Å². The van der Waals surface area contributed by atoms with Gasteiger partial charge in [-0.25, -0.2) is 12.8 Å². The van der Waals surface area contributed by atoms with Crippen LogP contribution in [0.25, 0.3) is 0 Å². The fourth-order valence-corrected chi connectivity index (χ4v) is 6.52. The first-order valence-electron chi connectivity index (χ1n) is 8.75. The Morgan fingerprint density at radius 1 is 1.36 bits per heavy atom. The summed E-state index contributed by atoms with van der Waals surface area (Å²) in [5.74, 6) is -1.09. The molecule has 0 saturated carbocycles. The number of carbonyl (C=O) groups excluding carboxylic acids is 1. The van der Waals surface area contributed by atoms with E-state index in [9.17, 15) is 17.6 Å². The van der Waals surface area contributed by atoms with Crippen LogP contribution in [0.2, 0.25) is 0 Å². The number of esters is 1. The SMILES string of the molecule is CCOC(=O)[C@]1(CC)C[C@@H]2CC[C@H]1N2S(=O)(=O)c1cc(C)ccc1F. The number of aryl methyl sites for hydroxylation is 1. The molecule has 25 heavy (non-hydrogen) atoms. The van der Waals surface area contributed by atoms with E-state index in [4.69, 9.17) is 4.74 Å². The minimum atomic E-state index is -4.01. The second-order valence-corrected chi connectivity index (χ2v) is 8.76. The van der Waals surface area contributed by atoms with E-state index in [1.807, 2.05) is 6.92 Å². The molecule has 2 bridgehead atoms. The Morgan fingerprint density at radius 2 is 2.08 bits per heavy atom. The minimum absolute atomic E-state index is 0.261. The highest BCUT2D eigenvalue weighted by molar-refractivity contribution is 7.89. The Bertz CT molecular complexity index is 794. The van der Waals surface area contributed by atoms with Crippen LogP contribution < -0.4 is 0 Å². The lowest BCUT2D eigenvalue weighted by atomic mass is 9.72. The molecule has 1 aromatic carbocycles. The van der Waals surface area contributed by atoms with Crippen LogP contribution in [0.1, 0.15) is 45.1 Å². The molecular weight excluding hydrogens is 345 g/mol. The lowest BCUT2D eigenvalue weighted by Gasteiger charge is -2.34. The van der Waals surface area contributed by atoms with Crippen LogP contribution in [0.4, 0.5) is 4.39 Å². The number of hydrogen-bond donors (Lipinski definition) is 0. The number of ether oxygens (including phenoxy) is 1. The molecule has 7 heteroatoms. The minimum Gasteiger partial charge on any atom is -0.466 e. The molecule has 3 atom stereocenters. The first-order chi connectivity index (χ1) is 11.8. The third kappa shape index (κ3) is 2.68. The molecule has 0 radical (unpaired) electrons. The van der Waals surface area contributed by atoms with Gasteiger partial charge < -0.3 is 4.74 Å². The van der Waals surface area contributed by atoms with Gasteiger partial charge >= 0.3 is 5.97 Å². The average molecular weight is 369 g/mol. The third-order valence-corrected chi connectivity index (χ3v) is 7.61.